The van der Waals surface area contributed by atoms with E-state index in [1.54, 1.807) is 7.11 Å². The fourth-order valence-corrected chi connectivity index (χ4v) is 3.23. The van der Waals surface area contributed by atoms with Crippen molar-refractivity contribution >= 4 is 16.5 Å². The molecule has 3 rings (SSSR count). The van der Waals surface area contributed by atoms with Crippen molar-refractivity contribution in [1.82, 2.24) is 0 Å². The molecule has 1 aliphatic rings. The van der Waals surface area contributed by atoms with E-state index >= 15 is 0 Å². The van der Waals surface area contributed by atoms with Gasteiger partial charge in [0.25, 0.3) is 0 Å². The fraction of sp³-hybridized carbons (Fsp3) is 0.389. The molecule has 1 aliphatic heterocycles. The normalized spacial score (nSPS) is 16.1. The lowest BCUT2D eigenvalue weighted by Crippen LogP contribution is -2.35. The Balaban J connectivity index is 1.90. The summed E-state index contributed by atoms with van der Waals surface area (Å²) in [5, 5.41) is 11.5. The summed E-state index contributed by atoms with van der Waals surface area (Å²) in [5.41, 5.74) is 2.00. The maximum absolute atomic E-state index is 9.25. The van der Waals surface area contributed by atoms with E-state index in [-0.39, 0.29) is 0 Å². The van der Waals surface area contributed by atoms with Crippen molar-refractivity contribution in [2.75, 3.05) is 31.7 Å². The zero-order valence-corrected chi connectivity index (χ0v) is 12.4. The van der Waals surface area contributed by atoms with Gasteiger partial charge in [0.15, 0.2) is 0 Å². The van der Waals surface area contributed by atoms with Crippen LogP contribution in [0.5, 0.6) is 0 Å². The van der Waals surface area contributed by atoms with Crippen molar-refractivity contribution in [3.8, 4) is 6.07 Å². The Morgan fingerprint density at radius 2 is 1.86 bits per heavy atom. The Kier molecular flexibility index (Phi) is 4.08. The highest BCUT2D eigenvalue weighted by Gasteiger charge is 2.20. The largest absolute Gasteiger partial charge is 0.384 e. The minimum Gasteiger partial charge on any atom is -0.384 e. The Hall–Kier alpha value is -2.05. The Morgan fingerprint density at radius 1 is 1.14 bits per heavy atom. The summed E-state index contributed by atoms with van der Waals surface area (Å²) in [4.78, 5) is 2.44. The van der Waals surface area contributed by atoms with Crippen molar-refractivity contribution in [3.63, 3.8) is 0 Å². The second kappa shape index (κ2) is 6.15. The number of nitriles is 1. The molecule has 108 valence electrons. The number of methoxy groups -OCH3 is 1. The average Bonchev–Trinajstić information content (AvgIpc) is 2.55. The van der Waals surface area contributed by atoms with Crippen molar-refractivity contribution in [2.24, 2.45) is 5.92 Å². The van der Waals surface area contributed by atoms with Gasteiger partial charge < -0.3 is 9.64 Å². The van der Waals surface area contributed by atoms with Gasteiger partial charge in [-0.05, 0) is 30.9 Å². The maximum Gasteiger partial charge on any atom is 0.0998 e. The minimum absolute atomic E-state index is 0.677. The SMILES string of the molecule is COCC1CCN(c2ccc(C#N)c3ccccc23)CC1. The van der Waals surface area contributed by atoms with Crippen LogP contribution in [0.3, 0.4) is 0 Å². The molecule has 0 unspecified atom stereocenters. The zero-order chi connectivity index (χ0) is 14.7. The van der Waals surface area contributed by atoms with Gasteiger partial charge in [-0.2, -0.15) is 5.26 Å². The van der Waals surface area contributed by atoms with Crippen LogP contribution in [0, 0.1) is 17.2 Å². The van der Waals surface area contributed by atoms with E-state index < -0.39 is 0 Å². The van der Waals surface area contributed by atoms with Gasteiger partial charge in [-0.3, -0.25) is 0 Å². The van der Waals surface area contributed by atoms with Crippen LogP contribution in [0.2, 0.25) is 0 Å². The van der Waals surface area contributed by atoms with E-state index in [1.807, 2.05) is 24.3 Å². The van der Waals surface area contributed by atoms with Crippen LogP contribution < -0.4 is 4.90 Å². The number of piperidine rings is 1. The number of rotatable bonds is 3. The molecule has 0 bridgehead atoms. The zero-order valence-electron chi connectivity index (χ0n) is 12.4. The molecule has 1 heterocycles. The van der Waals surface area contributed by atoms with Crippen LogP contribution >= 0.6 is 0 Å². The monoisotopic (exact) mass is 280 g/mol. The third kappa shape index (κ3) is 2.72. The summed E-state index contributed by atoms with van der Waals surface area (Å²) in [7, 11) is 1.78. The molecule has 2 aromatic rings. The summed E-state index contributed by atoms with van der Waals surface area (Å²) < 4.78 is 5.27. The van der Waals surface area contributed by atoms with Gasteiger partial charge in [-0.25, -0.2) is 0 Å². The highest BCUT2D eigenvalue weighted by molar-refractivity contribution is 5.97. The highest BCUT2D eigenvalue weighted by atomic mass is 16.5. The maximum atomic E-state index is 9.25. The number of hydrogen-bond donors (Lipinski definition) is 0. The third-order valence-corrected chi connectivity index (χ3v) is 4.38. The number of ether oxygens (including phenoxy) is 1. The quantitative estimate of drug-likeness (QED) is 0.862. The predicted octanol–water partition coefficient (Wildman–Crippen LogP) is 3.57. The van der Waals surface area contributed by atoms with E-state index in [2.05, 4.69) is 23.1 Å². The van der Waals surface area contributed by atoms with Gasteiger partial charge in [-0.1, -0.05) is 24.3 Å². The van der Waals surface area contributed by atoms with Gasteiger partial charge in [-0.15, -0.1) is 0 Å². The minimum atomic E-state index is 0.677. The second-order valence-corrected chi connectivity index (χ2v) is 5.68. The summed E-state index contributed by atoms with van der Waals surface area (Å²) in [5.74, 6) is 0.677. The first-order valence-electron chi connectivity index (χ1n) is 7.49. The summed E-state index contributed by atoms with van der Waals surface area (Å²) >= 11 is 0. The fourth-order valence-electron chi connectivity index (χ4n) is 3.23. The first kappa shape index (κ1) is 13.9. The molecule has 0 spiro atoms. The number of benzene rings is 2. The van der Waals surface area contributed by atoms with E-state index in [0.717, 1.165) is 30.6 Å². The number of anilines is 1. The molecule has 1 fully saturated rings. The van der Waals surface area contributed by atoms with Crippen LogP contribution in [-0.2, 0) is 4.74 Å². The van der Waals surface area contributed by atoms with E-state index in [4.69, 9.17) is 4.74 Å². The number of nitrogens with zero attached hydrogens (tertiary/aromatic N) is 2. The molecule has 0 atom stereocenters. The molecule has 3 nitrogen and oxygen atoms in total. The first-order chi connectivity index (χ1) is 10.3. The average molecular weight is 280 g/mol. The van der Waals surface area contributed by atoms with Crippen molar-refractivity contribution in [1.29, 1.82) is 5.26 Å². The second-order valence-electron chi connectivity index (χ2n) is 5.68. The topological polar surface area (TPSA) is 36.3 Å². The van der Waals surface area contributed by atoms with Gasteiger partial charge in [0, 0.05) is 43.3 Å². The van der Waals surface area contributed by atoms with E-state index in [0.29, 0.717) is 5.92 Å². The summed E-state index contributed by atoms with van der Waals surface area (Å²) in [6.45, 7) is 2.98. The van der Waals surface area contributed by atoms with E-state index in [9.17, 15) is 5.26 Å². The van der Waals surface area contributed by atoms with Crippen molar-refractivity contribution < 1.29 is 4.74 Å². The molecule has 1 saturated heterocycles. The molecule has 21 heavy (non-hydrogen) atoms. The van der Waals surface area contributed by atoms with E-state index in [1.165, 1.54) is 23.9 Å². The van der Waals surface area contributed by atoms with Crippen molar-refractivity contribution in [2.45, 2.75) is 12.8 Å². The summed E-state index contributed by atoms with van der Waals surface area (Å²) in [6, 6.07) is 14.5. The molecule has 2 aromatic carbocycles. The van der Waals surface area contributed by atoms with Gasteiger partial charge in [0.05, 0.1) is 11.6 Å². The molecule has 0 aromatic heterocycles. The molecule has 0 aliphatic carbocycles. The lowest BCUT2D eigenvalue weighted by Gasteiger charge is -2.34. The molecule has 0 saturated carbocycles. The summed E-state index contributed by atoms with van der Waals surface area (Å²) in [6.07, 6.45) is 2.34. The highest BCUT2D eigenvalue weighted by Crippen LogP contribution is 2.32. The smallest absolute Gasteiger partial charge is 0.0998 e. The van der Waals surface area contributed by atoms with Gasteiger partial charge in [0.2, 0.25) is 0 Å². The third-order valence-electron chi connectivity index (χ3n) is 4.38. The first-order valence-corrected chi connectivity index (χ1v) is 7.49. The standard InChI is InChI=1S/C18H20N2O/c1-21-13-14-8-10-20(11-9-14)18-7-6-15(12-19)16-4-2-3-5-17(16)18/h2-7,14H,8-11,13H2,1H3. The van der Waals surface area contributed by atoms with Crippen LogP contribution in [0.25, 0.3) is 10.8 Å². The predicted molar refractivity (Wildman–Crippen MR) is 85.5 cm³/mol. The number of fused-ring (bicyclic) bond motifs is 1. The lowest BCUT2D eigenvalue weighted by atomic mass is 9.96. The molecule has 0 radical (unpaired) electrons. The Bertz CT molecular complexity index is 666. The van der Waals surface area contributed by atoms with Crippen LogP contribution in [0.1, 0.15) is 18.4 Å². The lowest BCUT2D eigenvalue weighted by molar-refractivity contribution is 0.139. The molecular formula is C18H20N2O. The molecular weight excluding hydrogens is 260 g/mol. The molecule has 0 amide bonds. The van der Waals surface area contributed by atoms with Crippen molar-refractivity contribution in [3.05, 3.63) is 42.0 Å². The Labute approximate surface area is 125 Å². The van der Waals surface area contributed by atoms with Crippen LogP contribution in [0.15, 0.2) is 36.4 Å². The van der Waals surface area contributed by atoms with Crippen LogP contribution in [-0.4, -0.2) is 26.8 Å². The Morgan fingerprint density at radius 3 is 2.52 bits per heavy atom. The van der Waals surface area contributed by atoms with Crippen LogP contribution in [0.4, 0.5) is 5.69 Å². The number of hydrogen-bond acceptors (Lipinski definition) is 3. The van der Waals surface area contributed by atoms with Gasteiger partial charge >= 0.3 is 0 Å². The van der Waals surface area contributed by atoms with Gasteiger partial charge in [0.1, 0.15) is 0 Å². The molecule has 3 heteroatoms. The molecule has 0 N–H and O–H groups in total.